The monoisotopic (exact) mass is 444 g/mol. The number of hydrogen-bond donors (Lipinski definition) is 0. The van der Waals surface area contributed by atoms with Crippen LogP contribution < -0.4 is 0 Å². The van der Waals surface area contributed by atoms with E-state index in [4.69, 9.17) is 18.9 Å². The fourth-order valence-corrected chi connectivity index (χ4v) is 4.18. The van der Waals surface area contributed by atoms with Gasteiger partial charge in [-0.3, -0.25) is 0 Å². The van der Waals surface area contributed by atoms with Crippen LogP contribution in [0.2, 0.25) is 0 Å². The van der Waals surface area contributed by atoms with Gasteiger partial charge in [-0.1, -0.05) is 97.3 Å². The molecule has 0 rings (SSSR count). The van der Waals surface area contributed by atoms with Crippen molar-refractivity contribution in [3.05, 3.63) is 0 Å². The van der Waals surface area contributed by atoms with Gasteiger partial charge in [-0.2, -0.15) is 0 Å². The highest BCUT2D eigenvalue weighted by Gasteiger charge is 2.42. The van der Waals surface area contributed by atoms with E-state index in [9.17, 15) is 0 Å². The summed E-state index contributed by atoms with van der Waals surface area (Å²) < 4.78 is 24.4. The Kier molecular flexibility index (Phi) is 22.9. The van der Waals surface area contributed by atoms with Crippen LogP contribution in [-0.2, 0) is 18.9 Å². The van der Waals surface area contributed by atoms with Crippen LogP contribution in [0.15, 0.2) is 0 Å². The summed E-state index contributed by atoms with van der Waals surface area (Å²) in [6.07, 6.45) is 19.3. The van der Waals surface area contributed by atoms with Gasteiger partial charge in [-0.15, -0.1) is 0 Å². The largest absolute Gasteiger partial charge is 0.381 e. The smallest absolute Gasteiger partial charge is 0.288 e. The van der Waals surface area contributed by atoms with Crippen LogP contribution in [0.5, 0.6) is 0 Å². The summed E-state index contributed by atoms with van der Waals surface area (Å²) in [5, 5.41) is 0. The molecule has 0 radical (unpaired) electrons. The summed E-state index contributed by atoms with van der Waals surface area (Å²) in [5.74, 6) is -0.867. The van der Waals surface area contributed by atoms with Crippen molar-refractivity contribution in [1.82, 2.24) is 0 Å². The molecule has 0 aliphatic carbocycles. The van der Waals surface area contributed by atoms with Gasteiger partial charge in [-0.25, -0.2) is 0 Å². The van der Waals surface area contributed by atoms with Crippen molar-refractivity contribution >= 4 is 0 Å². The Balaban J connectivity index is 4.50. The van der Waals surface area contributed by atoms with Crippen molar-refractivity contribution in [2.45, 2.75) is 137 Å². The van der Waals surface area contributed by atoms with E-state index in [2.05, 4.69) is 13.8 Å². The molecule has 0 aliphatic rings. The molecular formula is C27H56O4. The Morgan fingerprint density at radius 1 is 0.516 bits per heavy atom. The van der Waals surface area contributed by atoms with Crippen LogP contribution in [0, 0.1) is 5.92 Å². The van der Waals surface area contributed by atoms with Gasteiger partial charge in [0, 0.05) is 26.4 Å². The Labute approximate surface area is 195 Å². The van der Waals surface area contributed by atoms with Crippen molar-refractivity contribution in [3.8, 4) is 0 Å². The summed E-state index contributed by atoms with van der Waals surface area (Å²) in [5.41, 5.74) is 0. The maximum atomic E-state index is 6.14. The molecule has 1 atom stereocenters. The summed E-state index contributed by atoms with van der Waals surface area (Å²) in [6, 6.07) is 0. The fraction of sp³-hybridized carbons (Fsp3) is 1.00. The minimum Gasteiger partial charge on any atom is -0.381 e. The Morgan fingerprint density at radius 3 is 1.39 bits per heavy atom. The Morgan fingerprint density at radius 2 is 0.935 bits per heavy atom. The Hall–Kier alpha value is -0.160. The second kappa shape index (κ2) is 23.0. The van der Waals surface area contributed by atoms with Crippen LogP contribution in [-0.4, -0.2) is 39.0 Å². The summed E-state index contributed by atoms with van der Waals surface area (Å²) in [7, 11) is 0. The predicted molar refractivity (Wildman–Crippen MR) is 133 cm³/mol. The lowest BCUT2D eigenvalue weighted by atomic mass is 9.98. The van der Waals surface area contributed by atoms with Gasteiger partial charge < -0.3 is 18.9 Å². The zero-order valence-corrected chi connectivity index (χ0v) is 21.9. The minimum absolute atomic E-state index is 0.104. The molecule has 0 heterocycles. The molecule has 0 aromatic carbocycles. The first kappa shape index (κ1) is 30.8. The first-order valence-electron chi connectivity index (χ1n) is 13.7. The number of hydrogen-bond acceptors (Lipinski definition) is 4. The molecule has 0 N–H and O–H groups in total. The van der Waals surface area contributed by atoms with Gasteiger partial charge in [-0.05, 0) is 33.6 Å². The van der Waals surface area contributed by atoms with Crippen molar-refractivity contribution in [2.24, 2.45) is 5.92 Å². The van der Waals surface area contributed by atoms with Gasteiger partial charge in [0.05, 0.1) is 12.5 Å². The Bertz CT molecular complexity index is 331. The average molecular weight is 445 g/mol. The summed E-state index contributed by atoms with van der Waals surface area (Å²) >= 11 is 0. The zero-order chi connectivity index (χ0) is 23.0. The van der Waals surface area contributed by atoms with Crippen LogP contribution >= 0.6 is 0 Å². The molecule has 0 aromatic heterocycles. The van der Waals surface area contributed by atoms with E-state index < -0.39 is 5.97 Å². The van der Waals surface area contributed by atoms with E-state index in [1.54, 1.807) is 0 Å². The van der Waals surface area contributed by atoms with E-state index >= 15 is 0 Å². The molecule has 4 heteroatoms. The van der Waals surface area contributed by atoms with Gasteiger partial charge in [0.1, 0.15) is 0 Å². The van der Waals surface area contributed by atoms with Gasteiger partial charge in [0.2, 0.25) is 0 Å². The molecule has 0 aliphatic heterocycles. The lowest BCUT2D eigenvalue weighted by Crippen LogP contribution is -2.48. The molecule has 4 nitrogen and oxygen atoms in total. The lowest BCUT2D eigenvalue weighted by molar-refractivity contribution is -0.405. The lowest BCUT2D eigenvalue weighted by Gasteiger charge is -2.39. The standard InChI is InChI=1S/C27H56O4/c1-6-11-13-15-17-18-20-22-24-28-25-26(23-21-19-16-14-12-7-2)27(29-8-3,30-9-4)31-10-5/h26H,6-25H2,1-5H3. The van der Waals surface area contributed by atoms with E-state index in [0.717, 1.165) is 19.4 Å². The quantitative estimate of drug-likeness (QED) is 0.105. The number of unbranched alkanes of at least 4 members (excludes halogenated alkanes) is 12. The van der Waals surface area contributed by atoms with Crippen molar-refractivity contribution in [3.63, 3.8) is 0 Å². The van der Waals surface area contributed by atoms with E-state index in [1.807, 2.05) is 20.8 Å². The van der Waals surface area contributed by atoms with Gasteiger partial charge >= 0.3 is 0 Å². The normalized spacial score (nSPS) is 13.1. The third-order valence-electron chi connectivity index (χ3n) is 5.90. The molecule has 0 aromatic rings. The predicted octanol–water partition coefficient (Wildman–Crippen LogP) is 8.27. The third-order valence-corrected chi connectivity index (χ3v) is 5.90. The third kappa shape index (κ3) is 16.2. The topological polar surface area (TPSA) is 36.9 Å². The van der Waals surface area contributed by atoms with Crippen molar-refractivity contribution < 1.29 is 18.9 Å². The molecule has 0 spiro atoms. The number of rotatable bonds is 25. The zero-order valence-electron chi connectivity index (χ0n) is 21.9. The fourth-order valence-electron chi connectivity index (χ4n) is 4.18. The van der Waals surface area contributed by atoms with E-state index in [1.165, 1.54) is 83.5 Å². The molecule has 31 heavy (non-hydrogen) atoms. The molecule has 0 bridgehead atoms. The summed E-state index contributed by atoms with van der Waals surface area (Å²) in [6.45, 7) is 13.8. The second-order valence-electron chi connectivity index (χ2n) is 8.71. The highest BCUT2D eigenvalue weighted by molar-refractivity contribution is 4.72. The number of ether oxygens (including phenoxy) is 4. The second-order valence-corrected chi connectivity index (χ2v) is 8.71. The average Bonchev–Trinajstić information content (AvgIpc) is 2.76. The van der Waals surface area contributed by atoms with Crippen LogP contribution in [0.25, 0.3) is 0 Å². The first-order valence-corrected chi connectivity index (χ1v) is 13.7. The van der Waals surface area contributed by atoms with Crippen molar-refractivity contribution in [2.75, 3.05) is 33.0 Å². The molecule has 188 valence electrons. The molecule has 0 saturated heterocycles. The maximum absolute atomic E-state index is 6.14. The van der Waals surface area contributed by atoms with Crippen LogP contribution in [0.3, 0.4) is 0 Å². The molecule has 0 fully saturated rings. The molecule has 1 unspecified atom stereocenters. The maximum Gasteiger partial charge on any atom is 0.288 e. The highest BCUT2D eigenvalue weighted by atomic mass is 16.9. The van der Waals surface area contributed by atoms with E-state index in [-0.39, 0.29) is 5.92 Å². The summed E-state index contributed by atoms with van der Waals surface area (Å²) in [4.78, 5) is 0. The first-order chi connectivity index (χ1) is 15.2. The van der Waals surface area contributed by atoms with Crippen molar-refractivity contribution in [1.29, 1.82) is 0 Å². The van der Waals surface area contributed by atoms with Gasteiger partial charge in [0.25, 0.3) is 5.97 Å². The van der Waals surface area contributed by atoms with Crippen LogP contribution in [0.4, 0.5) is 0 Å². The SMILES string of the molecule is CCCCCCCCCCOCC(CCCCCCCC)C(OCC)(OCC)OCC. The van der Waals surface area contributed by atoms with Crippen LogP contribution in [0.1, 0.15) is 131 Å². The minimum atomic E-state index is -0.971. The highest BCUT2D eigenvalue weighted by Crippen LogP contribution is 2.31. The molecular weight excluding hydrogens is 388 g/mol. The molecule has 0 saturated carbocycles. The van der Waals surface area contributed by atoms with Gasteiger partial charge in [0.15, 0.2) is 0 Å². The van der Waals surface area contributed by atoms with E-state index in [0.29, 0.717) is 26.4 Å². The molecule has 0 amide bonds.